The van der Waals surface area contributed by atoms with E-state index in [-0.39, 0.29) is 24.0 Å². The molecule has 2 N–H and O–H groups in total. The van der Waals surface area contributed by atoms with E-state index in [0.717, 1.165) is 43.6 Å². The number of amides is 2. The Labute approximate surface area is 255 Å². The molecule has 0 spiro atoms. The number of nitrogens with one attached hydrogen (secondary N) is 2. The van der Waals surface area contributed by atoms with Gasteiger partial charge in [0.15, 0.2) is 0 Å². The highest BCUT2D eigenvalue weighted by atomic mass is 19.1. The van der Waals surface area contributed by atoms with Gasteiger partial charge in [-0.1, -0.05) is 42.5 Å². The summed E-state index contributed by atoms with van der Waals surface area (Å²) < 4.78 is 13.3. The molecule has 1 fully saturated rings. The second kappa shape index (κ2) is 14.2. The number of carbonyl (C=O) groups excluding carboxylic acids is 2. The third-order valence-corrected chi connectivity index (χ3v) is 7.73. The molecule has 0 saturated carbocycles. The van der Waals surface area contributed by atoms with Gasteiger partial charge in [-0.3, -0.25) is 19.7 Å². The standard InChI is InChI=1S/C35H33FN4O4/c36-29-11-6-28(7-12-29)24-37-35(42)32-23-30(38-34(41)17-10-25-8-14-31(15-9-25)40(43)44)13-16-33(32)39-20-18-27(19-21-39)22-26-4-2-1-3-5-26/h1-17,23,27H,18-22,24H2,(H,37,42)(H,38,41)/b17-10+. The van der Waals surface area contributed by atoms with Crippen LogP contribution in [0.25, 0.3) is 6.08 Å². The van der Waals surface area contributed by atoms with Crippen molar-refractivity contribution < 1.29 is 18.9 Å². The van der Waals surface area contributed by atoms with Crippen molar-refractivity contribution in [3.05, 3.63) is 141 Å². The van der Waals surface area contributed by atoms with E-state index >= 15 is 0 Å². The Bertz CT molecular complexity index is 1630. The number of hydrogen-bond acceptors (Lipinski definition) is 5. The molecule has 5 rings (SSSR count). The van der Waals surface area contributed by atoms with E-state index in [1.165, 1.54) is 35.9 Å². The number of rotatable bonds is 10. The van der Waals surface area contributed by atoms with Crippen LogP contribution in [0.3, 0.4) is 0 Å². The molecule has 9 heteroatoms. The maximum Gasteiger partial charge on any atom is 0.269 e. The second-order valence-electron chi connectivity index (χ2n) is 10.8. The van der Waals surface area contributed by atoms with Gasteiger partial charge >= 0.3 is 0 Å². The van der Waals surface area contributed by atoms with Crippen molar-refractivity contribution in [2.75, 3.05) is 23.3 Å². The highest BCUT2D eigenvalue weighted by Crippen LogP contribution is 2.30. The monoisotopic (exact) mass is 592 g/mol. The van der Waals surface area contributed by atoms with Crippen molar-refractivity contribution >= 4 is 35.0 Å². The van der Waals surface area contributed by atoms with E-state index in [2.05, 4.69) is 39.8 Å². The predicted molar refractivity (Wildman–Crippen MR) is 170 cm³/mol. The zero-order valence-corrected chi connectivity index (χ0v) is 24.1. The fourth-order valence-electron chi connectivity index (χ4n) is 5.34. The summed E-state index contributed by atoms with van der Waals surface area (Å²) in [6.45, 7) is 1.84. The van der Waals surface area contributed by atoms with Crippen LogP contribution in [0.5, 0.6) is 0 Å². The molecule has 0 radical (unpaired) electrons. The number of hydrogen-bond donors (Lipinski definition) is 2. The van der Waals surface area contributed by atoms with Crippen LogP contribution in [0.4, 0.5) is 21.5 Å². The van der Waals surface area contributed by atoms with E-state index in [1.807, 2.05) is 12.1 Å². The Hall–Kier alpha value is -5.31. The zero-order chi connectivity index (χ0) is 30.9. The average molecular weight is 593 g/mol. The van der Waals surface area contributed by atoms with Gasteiger partial charge in [0.05, 0.1) is 10.5 Å². The zero-order valence-electron chi connectivity index (χ0n) is 24.1. The fourth-order valence-corrected chi connectivity index (χ4v) is 5.34. The molecule has 224 valence electrons. The molecule has 1 aliphatic heterocycles. The SMILES string of the molecule is O=C(/C=C/c1ccc([N+](=O)[O-])cc1)Nc1ccc(N2CCC(Cc3ccccc3)CC2)c(C(=O)NCc2ccc(F)cc2)c1. The van der Waals surface area contributed by atoms with Gasteiger partial charge < -0.3 is 15.5 Å². The van der Waals surface area contributed by atoms with Crippen molar-refractivity contribution in [3.8, 4) is 0 Å². The highest BCUT2D eigenvalue weighted by Gasteiger charge is 2.24. The molecule has 0 aliphatic carbocycles. The maximum absolute atomic E-state index is 13.5. The Morgan fingerprint density at radius 2 is 1.61 bits per heavy atom. The minimum Gasteiger partial charge on any atom is -0.371 e. The first-order chi connectivity index (χ1) is 21.3. The highest BCUT2D eigenvalue weighted by molar-refractivity contribution is 6.05. The molecule has 0 atom stereocenters. The molecular formula is C35H33FN4O4. The summed E-state index contributed by atoms with van der Waals surface area (Å²) in [5.74, 6) is -0.488. The van der Waals surface area contributed by atoms with Gasteiger partial charge in [-0.2, -0.15) is 0 Å². The van der Waals surface area contributed by atoms with Crippen molar-refractivity contribution in [2.24, 2.45) is 5.92 Å². The van der Waals surface area contributed by atoms with Crippen LogP contribution in [-0.4, -0.2) is 29.8 Å². The number of anilines is 2. The second-order valence-corrected chi connectivity index (χ2v) is 10.8. The number of nitro groups is 1. The number of halogens is 1. The minimum absolute atomic E-state index is 0.0302. The maximum atomic E-state index is 13.5. The van der Waals surface area contributed by atoms with Crippen molar-refractivity contribution in [3.63, 3.8) is 0 Å². The Morgan fingerprint density at radius 1 is 0.909 bits per heavy atom. The van der Waals surface area contributed by atoms with Crippen molar-refractivity contribution in [1.82, 2.24) is 5.32 Å². The normalized spacial score (nSPS) is 13.5. The summed E-state index contributed by atoms with van der Waals surface area (Å²) in [6, 6.07) is 27.6. The summed E-state index contributed by atoms with van der Waals surface area (Å²) >= 11 is 0. The number of benzene rings is 4. The van der Waals surface area contributed by atoms with Gasteiger partial charge in [0.1, 0.15) is 5.82 Å². The molecule has 1 aliphatic rings. The summed E-state index contributed by atoms with van der Waals surface area (Å²) in [5.41, 5.74) is 4.39. The average Bonchev–Trinajstić information content (AvgIpc) is 3.04. The Balaban J connectivity index is 1.29. The molecule has 2 amide bonds. The number of nitrogens with zero attached hydrogens (tertiary/aromatic N) is 2. The number of carbonyl (C=O) groups is 2. The summed E-state index contributed by atoms with van der Waals surface area (Å²) in [6.07, 6.45) is 5.91. The third-order valence-electron chi connectivity index (χ3n) is 7.73. The van der Waals surface area contributed by atoms with Crippen LogP contribution < -0.4 is 15.5 Å². The van der Waals surface area contributed by atoms with Gasteiger partial charge in [0.2, 0.25) is 5.91 Å². The van der Waals surface area contributed by atoms with Crippen molar-refractivity contribution in [2.45, 2.75) is 25.8 Å². The summed E-state index contributed by atoms with van der Waals surface area (Å²) in [4.78, 5) is 38.8. The quantitative estimate of drug-likeness (QED) is 0.120. The molecule has 1 heterocycles. The Morgan fingerprint density at radius 3 is 2.30 bits per heavy atom. The van der Waals surface area contributed by atoms with E-state index in [4.69, 9.17) is 0 Å². The number of piperidine rings is 1. The first-order valence-corrected chi connectivity index (χ1v) is 14.5. The lowest BCUT2D eigenvalue weighted by molar-refractivity contribution is -0.384. The first-order valence-electron chi connectivity index (χ1n) is 14.5. The molecule has 44 heavy (non-hydrogen) atoms. The molecule has 4 aromatic carbocycles. The van der Waals surface area contributed by atoms with Crippen LogP contribution in [0.2, 0.25) is 0 Å². The lowest BCUT2D eigenvalue weighted by Crippen LogP contribution is -2.36. The van der Waals surface area contributed by atoms with Crippen LogP contribution in [0.1, 0.15) is 39.9 Å². The lowest BCUT2D eigenvalue weighted by Gasteiger charge is -2.35. The molecule has 8 nitrogen and oxygen atoms in total. The minimum atomic E-state index is -0.482. The lowest BCUT2D eigenvalue weighted by atomic mass is 9.89. The summed E-state index contributed by atoms with van der Waals surface area (Å²) in [5, 5.41) is 16.6. The topological polar surface area (TPSA) is 105 Å². The van der Waals surface area contributed by atoms with Gasteiger partial charge in [-0.25, -0.2) is 4.39 Å². The van der Waals surface area contributed by atoms with E-state index in [0.29, 0.717) is 22.7 Å². The van der Waals surface area contributed by atoms with Crippen LogP contribution >= 0.6 is 0 Å². The van der Waals surface area contributed by atoms with Crippen molar-refractivity contribution in [1.29, 1.82) is 0 Å². The van der Waals surface area contributed by atoms with Crippen LogP contribution in [-0.2, 0) is 17.8 Å². The molecule has 0 bridgehead atoms. The van der Waals surface area contributed by atoms with Crippen LogP contribution in [0, 0.1) is 21.8 Å². The Kier molecular flexibility index (Phi) is 9.76. The smallest absolute Gasteiger partial charge is 0.269 e. The first kappa shape index (κ1) is 30.2. The predicted octanol–water partition coefficient (Wildman–Crippen LogP) is 6.77. The molecule has 0 aromatic heterocycles. The number of nitro benzene ring substituents is 1. The molecular weight excluding hydrogens is 559 g/mol. The molecule has 0 unspecified atom stereocenters. The molecule has 1 saturated heterocycles. The van der Waals surface area contributed by atoms with Gasteiger partial charge in [-0.15, -0.1) is 0 Å². The van der Waals surface area contributed by atoms with Gasteiger partial charge in [-0.05, 0) is 90.4 Å². The van der Waals surface area contributed by atoms with E-state index in [1.54, 1.807) is 42.5 Å². The van der Waals surface area contributed by atoms with Gasteiger partial charge in [0.25, 0.3) is 11.6 Å². The number of non-ortho nitro benzene ring substituents is 1. The third kappa shape index (κ3) is 8.16. The van der Waals surface area contributed by atoms with Crippen LogP contribution in [0.15, 0.2) is 103 Å². The van der Waals surface area contributed by atoms with E-state index < -0.39 is 10.8 Å². The van der Waals surface area contributed by atoms with E-state index in [9.17, 15) is 24.1 Å². The largest absolute Gasteiger partial charge is 0.371 e. The summed E-state index contributed by atoms with van der Waals surface area (Å²) in [7, 11) is 0. The fraction of sp³-hybridized carbons (Fsp3) is 0.200. The van der Waals surface area contributed by atoms with Gasteiger partial charge in [0, 0.05) is 49.2 Å². The molecule has 4 aromatic rings.